The number of esters is 1. The molecule has 3 aromatic rings. The summed E-state index contributed by atoms with van der Waals surface area (Å²) in [6, 6.07) is 13.0. The van der Waals surface area contributed by atoms with Crippen molar-refractivity contribution in [2.75, 3.05) is 47.0 Å². The molecule has 1 fully saturated rings. The molecule has 0 bridgehead atoms. The largest absolute Gasteiger partial charge is 0.457 e. The van der Waals surface area contributed by atoms with Crippen LogP contribution in [-0.2, 0) is 105 Å². The lowest BCUT2D eigenvalue weighted by Crippen LogP contribution is -2.61. The Morgan fingerprint density at radius 3 is 1.68 bits per heavy atom. The zero-order chi connectivity index (χ0) is 76.8. The second-order valence-corrected chi connectivity index (χ2v) is 25.7. The van der Waals surface area contributed by atoms with Crippen LogP contribution in [0.1, 0.15) is 91.8 Å². The molecule has 0 aromatic heterocycles. The third-order valence-corrected chi connectivity index (χ3v) is 16.0. The highest BCUT2D eigenvalue weighted by Crippen LogP contribution is 2.23. The van der Waals surface area contributed by atoms with Crippen LogP contribution in [0.3, 0.4) is 0 Å². The van der Waals surface area contributed by atoms with E-state index in [1.165, 1.54) is 33.9 Å². The molecule has 14 N–H and O–H groups in total. The number of nitrogens with one attached hydrogen (secondary N) is 9. The van der Waals surface area contributed by atoms with Crippen molar-refractivity contribution < 1.29 is 91.3 Å². The Morgan fingerprint density at radius 2 is 1.15 bits per heavy atom. The van der Waals surface area contributed by atoms with Gasteiger partial charge in [0.15, 0.2) is 5.79 Å². The number of aliphatic hydroxyl groups excluding tert-OH is 1. The van der Waals surface area contributed by atoms with E-state index in [-0.39, 0.29) is 38.2 Å². The van der Waals surface area contributed by atoms with Gasteiger partial charge in [-0.15, -0.1) is 0 Å². The number of carbonyl (C=O) groups is 14. The molecule has 0 saturated carbocycles. The Bertz CT molecular complexity index is 3540. The number of aliphatic hydroxyl groups is 1. The highest BCUT2D eigenvalue weighted by Gasteiger charge is 2.39. The lowest BCUT2D eigenvalue weighted by atomic mass is 10.00. The molecule has 3 aromatic carbocycles. The molecule has 1 aliphatic rings. The van der Waals surface area contributed by atoms with Crippen molar-refractivity contribution in [3.05, 3.63) is 108 Å². The minimum Gasteiger partial charge on any atom is -0.457 e. The molecule has 0 aliphatic carbocycles. The van der Waals surface area contributed by atoms with Crippen LogP contribution in [0.25, 0.3) is 0 Å². The molecular weight excluding hydrogens is 1340 g/mol. The molecule has 34 heteroatoms. The van der Waals surface area contributed by atoms with E-state index in [2.05, 4.69) is 53.0 Å². The number of amides is 12. The van der Waals surface area contributed by atoms with Crippen molar-refractivity contribution in [2.24, 2.45) is 28.5 Å². The van der Waals surface area contributed by atoms with Gasteiger partial charge in [-0.2, -0.15) is 5.26 Å². The van der Waals surface area contributed by atoms with Crippen LogP contribution in [0.5, 0.6) is 0 Å². The van der Waals surface area contributed by atoms with Crippen LogP contribution in [0.15, 0.2) is 96.2 Å². The first-order valence-electron chi connectivity index (χ1n) is 33.2. The smallest absolute Gasteiger partial charge is 0.371 e. The molecule has 1 aliphatic heterocycles. The summed E-state index contributed by atoms with van der Waals surface area (Å²) in [6.07, 6.45) is -1.92. The molecule has 1 heterocycles. The number of oxime groups is 1. The van der Waals surface area contributed by atoms with E-state index in [4.69, 9.17) is 30.5 Å². The summed E-state index contributed by atoms with van der Waals surface area (Å²) in [4.78, 5) is 197. The fraction of sp³-hybridized carbons (Fsp3) is 0.507. The Morgan fingerprint density at radius 1 is 0.612 bits per heavy atom. The molecule has 34 nitrogen and oxygen atoms in total. The SMILES string of the molecule is CC(C)C[C@H](NC(=O)CNC(=O)[C@H](Cc1ccccc1)N(C)C(=O)[C@H](C)NC(=O)[C@@H](N)Cc1ccccc1)C(=O)N[C@@H](C)C(=O)N[C@H](C(=O)N[C@@H](Cc1ccccc1)C(=O)N[C@@H](CC(=O)O/N=C(\C#N)C(=O)OC[C@@H]1COC(C)(C)O1)C(=O)N(C)C(C)C(=O)N[C@@H](CO)C(=O)NCC(N)=O)C(C)C. The number of nitrogens with zero attached hydrogens (tertiary/aromatic N) is 4. The van der Waals surface area contributed by atoms with E-state index in [0.29, 0.717) is 11.1 Å². The fourth-order valence-electron chi connectivity index (χ4n) is 10.1. The highest BCUT2D eigenvalue weighted by atomic mass is 16.7. The van der Waals surface area contributed by atoms with Gasteiger partial charge in [0.2, 0.25) is 70.9 Å². The number of primary amides is 1. The summed E-state index contributed by atoms with van der Waals surface area (Å²) in [6.45, 7) is 11.2. The quantitative estimate of drug-likeness (QED) is 0.0118. The molecule has 1 unspecified atom stereocenters. The van der Waals surface area contributed by atoms with E-state index in [1.54, 1.807) is 114 Å². The van der Waals surface area contributed by atoms with E-state index in [9.17, 15) is 77.5 Å². The summed E-state index contributed by atoms with van der Waals surface area (Å²) in [7, 11) is 2.45. The third-order valence-electron chi connectivity index (χ3n) is 16.0. The van der Waals surface area contributed by atoms with Gasteiger partial charge in [-0.3, -0.25) is 57.5 Å². The van der Waals surface area contributed by atoms with Gasteiger partial charge in [-0.1, -0.05) is 124 Å². The van der Waals surface area contributed by atoms with Gasteiger partial charge in [0.25, 0.3) is 5.71 Å². The second kappa shape index (κ2) is 41.2. The van der Waals surface area contributed by atoms with E-state index in [1.807, 2.05) is 18.2 Å². The minimum absolute atomic E-state index is 0.00180. The predicted molar refractivity (Wildman–Crippen MR) is 368 cm³/mol. The maximum absolute atomic E-state index is 14.7. The van der Waals surface area contributed by atoms with Crippen molar-refractivity contribution in [1.29, 1.82) is 5.26 Å². The lowest BCUT2D eigenvalue weighted by Gasteiger charge is -2.31. The van der Waals surface area contributed by atoms with Crippen molar-refractivity contribution >= 4 is 88.5 Å². The van der Waals surface area contributed by atoms with Crippen molar-refractivity contribution in [2.45, 2.75) is 167 Å². The molecule has 560 valence electrons. The number of nitriles is 1. The van der Waals surface area contributed by atoms with E-state index >= 15 is 0 Å². The number of likely N-dealkylation sites (N-methyl/N-ethyl adjacent to an activating group) is 2. The zero-order valence-corrected chi connectivity index (χ0v) is 59.5. The maximum Gasteiger partial charge on any atom is 0.371 e. The van der Waals surface area contributed by atoms with Crippen LogP contribution in [0.2, 0.25) is 0 Å². The van der Waals surface area contributed by atoms with Gasteiger partial charge < -0.3 is 93.3 Å². The first kappa shape index (κ1) is 84.7. The van der Waals surface area contributed by atoms with Crippen LogP contribution in [0.4, 0.5) is 0 Å². The monoisotopic (exact) mass is 1440 g/mol. The molecule has 4 rings (SSSR count). The zero-order valence-electron chi connectivity index (χ0n) is 59.5. The number of hydrogen-bond donors (Lipinski definition) is 12. The molecule has 11 atom stereocenters. The van der Waals surface area contributed by atoms with E-state index < -0.39 is 199 Å². The Hall–Kier alpha value is -10.8. The normalized spacial score (nSPS) is 16.1. The summed E-state index contributed by atoms with van der Waals surface area (Å²) >= 11 is 0. The average Bonchev–Trinajstić information content (AvgIpc) is 1.26. The predicted octanol–water partition coefficient (Wildman–Crippen LogP) is -2.93. The molecule has 103 heavy (non-hydrogen) atoms. The van der Waals surface area contributed by atoms with Gasteiger partial charge in [0.05, 0.1) is 38.8 Å². The van der Waals surface area contributed by atoms with Crippen LogP contribution in [0, 0.1) is 23.2 Å². The van der Waals surface area contributed by atoms with Gasteiger partial charge in [-0.05, 0) is 76.0 Å². The number of nitrogens with two attached hydrogens (primary N) is 2. The van der Waals surface area contributed by atoms with Gasteiger partial charge in [0.1, 0.15) is 73.2 Å². The molecule has 0 spiro atoms. The van der Waals surface area contributed by atoms with Crippen LogP contribution >= 0.6 is 0 Å². The van der Waals surface area contributed by atoms with Crippen molar-refractivity contribution in [1.82, 2.24) is 57.7 Å². The van der Waals surface area contributed by atoms with Crippen LogP contribution in [-0.4, -0.2) is 223 Å². The highest BCUT2D eigenvalue weighted by molar-refractivity contribution is 6.43. The Kier molecular flexibility index (Phi) is 33.9. The van der Waals surface area contributed by atoms with Crippen LogP contribution < -0.4 is 59.3 Å². The number of ether oxygens (including phenoxy) is 3. The summed E-state index contributed by atoms with van der Waals surface area (Å²) < 4.78 is 16.1. The Labute approximate surface area is 596 Å². The number of hydrogen-bond acceptors (Lipinski definition) is 22. The standard InChI is InChI=1S/C69H95N15O19/c1-38(2)27-48(77-55(87)34-74-64(95)53(30-45-25-19-14-20-26-45)84(11)66(97)41(6)76-60(91)47(71)28-43-21-15-12-16-22-43)62(93)75-40(5)58(89)81-57(39(3)4)65(96)78-49(29-44-23-17-13-18-24-44)63(94)79-50(67(98)83(10)42(7)59(90)80-52(35-85)61(92)73-33-54(72)86)31-56(88)103-82-51(32-70)68(99)100-36-46-37-101-69(8,9)102-46/h12-26,38-42,46-50,52-53,57,85H,27-31,33-37,71H2,1-11H3,(H2,72,86)(H,73,92)(H,74,95)(H,75,93)(H,76,91)(H,77,87)(H,78,96)(H,79,94)(H,80,90)(H,81,89)/b82-51+/t40-,41-,42?,46+,47-,48-,49-,50-,52-,53-,57-/m0/s1. The Balaban J connectivity index is 1.52. The first-order chi connectivity index (χ1) is 48.5. The molecule has 12 amide bonds. The number of carbonyl (C=O) groups excluding carboxylic acids is 14. The minimum atomic E-state index is -2.03. The maximum atomic E-state index is 14.7. The van der Waals surface area contributed by atoms with Gasteiger partial charge in [0, 0.05) is 26.9 Å². The summed E-state index contributed by atoms with van der Waals surface area (Å²) in [5, 5.41) is 45.2. The summed E-state index contributed by atoms with van der Waals surface area (Å²) in [5.74, 6) is -15.6. The second-order valence-electron chi connectivity index (χ2n) is 25.7. The van der Waals surface area contributed by atoms with E-state index in [0.717, 1.165) is 22.4 Å². The van der Waals surface area contributed by atoms with Crippen molar-refractivity contribution in [3.63, 3.8) is 0 Å². The lowest BCUT2D eigenvalue weighted by molar-refractivity contribution is -0.154. The third kappa shape index (κ3) is 28.3. The topological polar surface area (TPSA) is 499 Å². The number of benzene rings is 3. The van der Waals surface area contributed by atoms with Gasteiger partial charge >= 0.3 is 11.9 Å². The molecular formula is C69H95N15O19. The van der Waals surface area contributed by atoms with Gasteiger partial charge in [-0.25, -0.2) is 9.59 Å². The average molecular weight is 1440 g/mol. The molecule has 1 saturated heterocycles. The van der Waals surface area contributed by atoms with Crippen molar-refractivity contribution in [3.8, 4) is 6.07 Å². The fourth-order valence-corrected chi connectivity index (χ4v) is 10.1. The number of rotatable bonds is 39. The summed E-state index contributed by atoms with van der Waals surface area (Å²) in [5.41, 5.74) is 12.1. The first-order valence-corrected chi connectivity index (χ1v) is 33.2. The molecule has 0 radical (unpaired) electrons.